The lowest BCUT2D eigenvalue weighted by atomic mass is 9.87. The Kier molecular flexibility index (Phi) is 10.4. The van der Waals surface area contributed by atoms with Crippen molar-refractivity contribution in [3.63, 3.8) is 0 Å². The van der Waals surface area contributed by atoms with Gasteiger partial charge < -0.3 is 20.9 Å². The van der Waals surface area contributed by atoms with Gasteiger partial charge >= 0.3 is 0 Å². The number of anilines is 1. The second kappa shape index (κ2) is 13.7. The molecule has 0 heterocycles. The maximum Gasteiger partial charge on any atom is 0.251 e. The molecule has 3 N–H and O–H groups in total. The van der Waals surface area contributed by atoms with Gasteiger partial charge in [-0.3, -0.25) is 14.4 Å². The topological polar surface area (TPSA) is 90.5 Å². The summed E-state index contributed by atoms with van der Waals surface area (Å²) in [5.41, 5.74) is 3.50. The Morgan fingerprint density at radius 1 is 0.795 bits per heavy atom. The molecule has 3 aromatic carbocycles. The highest BCUT2D eigenvalue weighted by Crippen LogP contribution is 2.22. The molecule has 0 radical (unpaired) electrons. The van der Waals surface area contributed by atoms with Gasteiger partial charge in [0.2, 0.25) is 5.91 Å². The van der Waals surface area contributed by atoms with E-state index < -0.39 is 6.04 Å². The van der Waals surface area contributed by atoms with Crippen molar-refractivity contribution in [2.24, 2.45) is 5.41 Å². The normalized spacial score (nSPS) is 12.1. The minimum atomic E-state index is -0.715. The van der Waals surface area contributed by atoms with Crippen molar-refractivity contribution < 1.29 is 14.4 Å². The fraction of sp³-hybridized carbons (Fsp3) is 0.344. The first-order valence-electron chi connectivity index (χ1n) is 13.3. The van der Waals surface area contributed by atoms with E-state index in [1.807, 2.05) is 83.4 Å². The molecular weight excluding hydrogens is 488 g/mol. The van der Waals surface area contributed by atoms with E-state index in [1.165, 1.54) is 5.56 Å². The van der Waals surface area contributed by atoms with Crippen LogP contribution in [0.25, 0.3) is 0 Å². The molecule has 3 aromatic rings. The Morgan fingerprint density at radius 2 is 1.46 bits per heavy atom. The van der Waals surface area contributed by atoms with Crippen LogP contribution in [0.1, 0.15) is 59.0 Å². The van der Waals surface area contributed by atoms with Gasteiger partial charge in [-0.1, -0.05) is 63.2 Å². The number of hydrogen-bond acceptors (Lipinski definition) is 4. The second-order valence-electron chi connectivity index (χ2n) is 11.3. The van der Waals surface area contributed by atoms with E-state index in [4.69, 9.17) is 0 Å². The summed E-state index contributed by atoms with van der Waals surface area (Å²) in [5, 5.41) is 8.77. The zero-order chi connectivity index (χ0) is 28.4. The van der Waals surface area contributed by atoms with E-state index in [-0.39, 0.29) is 29.7 Å². The van der Waals surface area contributed by atoms with Crippen molar-refractivity contribution in [2.75, 3.05) is 26.0 Å². The van der Waals surface area contributed by atoms with Crippen molar-refractivity contribution in [1.29, 1.82) is 0 Å². The number of hydrogen-bond donors (Lipinski definition) is 3. The quantitative estimate of drug-likeness (QED) is 0.330. The van der Waals surface area contributed by atoms with Crippen LogP contribution in [0.5, 0.6) is 0 Å². The number of carbonyl (C=O) groups excluding carboxylic acids is 3. The first-order chi connectivity index (χ1) is 18.5. The third kappa shape index (κ3) is 10.0. The molecule has 0 aliphatic heterocycles. The van der Waals surface area contributed by atoms with Crippen molar-refractivity contribution in [2.45, 2.75) is 46.2 Å². The van der Waals surface area contributed by atoms with Gasteiger partial charge in [-0.25, -0.2) is 0 Å². The summed E-state index contributed by atoms with van der Waals surface area (Å²) >= 11 is 0. The van der Waals surface area contributed by atoms with Gasteiger partial charge in [0.15, 0.2) is 0 Å². The Balaban J connectivity index is 1.65. The number of nitrogens with one attached hydrogen (secondary N) is 3. The van der Waals surface area contributed by atoms with Crippen LogP contribution in [-0.4, -0.2) is 49.3 Å². The van der Waals surface area contributed by atoms with E-state index in [2.05, 4.69) is 20.9 Å². The molecule has 0 fully saturated rings. The van der Waals surface area contributed by atoms with Gasteiger partial charge in [-0.15, -0.1) is 0 Å². The average Bonchev–Trinajstić information content (AvgIpc) is 2.90. The van der Waals surface area contributed by atoms with Gasteiger partial charge in [-0.2, -0.15) is 0 Å². The van der Waals surface area contributed by atoms with E-state index in [9.17, 15) is 14.4 Å². The first kappa shape index (κ1) is 29.6. The third-order valence-electron chi connectivity index (χ3n) is 6.19. The lowest BCUT2D eigenvalue weighted by Crippen LogP contribution is -2.45. The molecule has 0 aliphatic carbocycles. The highest BCUT2D eigenvalue weighted by atomic mass is 16.2. The van der Waals surface area contributed by atoms with E-state index in [0.717, 1.165) is 18.5 Å². The summed E-state index contributed by atoms with van der Waals surface area (Å²) in [6.45, 7) is 7.34. The number of amides is 3. The molecule has 0 bridgehead atoms. The Bertz CT molecular complexity index is 1250. The number of likely N-dealkylation sites (N-methyl/N-ethyl adjacent to an activating group) is 1. The largest absolute Gasteiger partial charge is 0.348 e. The molecule has 0 spiro atoms. The van der Waals surface area contributed by atoms with Crippen LogP contribution >= 0.6 is 0 Å². The molecule has 7 nitrogen and oxygen atoms in total. The number of carbonyl (C=O) groups is 3. The number of benzene rings is 3. The Morgan fingerprint density at radius 3 is 2.10 bits per heavy atom. The maximum absolute atomic E-state index is 13.3. The van der Waals surface area contributed by atoms with E-state index in [1.54, 1.807) is 30.3 Å². The molecule has 3 amide bonds. The van der Waals surface area contributed by atoms with Crippen LogP contribution in [0.15, 0.2) is 78.9 Å². The van der Waals surface area contributed by atoms with Gasteiger partial charge in [0.25, 0.3) is 11.8 Å². The molecule has 1 atom stereocenters. The minimum Gasteiger partial charge on any atom is -0.348 e. The molecule has 3 rings (SSSR count). The molecule has 39 heavy (non-hydrogen) atoms. The van der Waals surface area contributed by atoms with Crippen LogP contribution in [-0.2, 0) is 17.8 Å². The highest BCUT2D eigenvalue weighted by molar-refractivity contribution is 6.01. The van der Waals surface area contributed by atoms with Gasteiger partial charge in [0.05, 0.1) is 0 Å². The molecule has 7 heteroatoms. The van der Waals surface area contributed by atoms with Crippen LogP contribution in [0.3, 0.4) is 0 Å². The van der Waals surface area contributed by atoms with E-state index in [0.29, 0.717) is 23.2 Å². The molecule has 0 aromatic heterocycles. The SMILES string of the molecule is CN(C)CCc1ccc(NC(=O)[C@H](CC(C)(C)C)NC(=O)c2cccc(CNC(=O)c3ccccc3)c2)cc1. The van der Waals surface area contributed by atoms with Crippen molar-refractivity contribution in [3.05, 3.63) is 101 Å². The molecule has 206 valence electrons. The van der Waals surface area contributed by atoms with Crippen LogP contribution in [0.2, 0.25) is 0 Å². The second-order valence-corrected chi connectivity index (χ2v) is 11.3. The summed E-state index contributed by atoms with van der Waals surface area (Å²) in [5.74, 6) is -0.779. The molecular formula is C32H40N4O3. The lowest BCUT2D eigenvalue weighted by molar-refractivity contribution is -0.118. The molecule has 0 saturated carbocycles. The standard InChI is InChI=1S/C32H40N4O3/c1-32(2,3)21-28(31(39)34-27-16-14-23(15-17-27)18-19-36(4)5)35-30(38)26-13-9-10-24(20-26)22-33-29(37)25-11-7-6-8-12-25/h6-17,20,28H,18-19,21-22H2,1-5H3,(H,33,37)(H,34,39)(H,35,38)/t28-/m0/s1. The monoisotopic (exact) mass is 528 g/mol. The molecule has 0 aliphatic rings. The minimum absolute atomic E-state index is 0.182. The smallest absolute Gasteiger partial charge is 0.251 e. The molecule has 0 saturated heterocycles. The van der Waals surface area contributed by atoms with Crippen LogP contribution in [0.4, 0.5) is 5.69 Å². The summed E-state index contributed by atoms with van der Waals surface area (Å²) in [4.78, 5) is 41.0. The predicted molar refractivity (Wildman–Crippen MR) is 157 cm³/mol. The summed E-state index contributed by atoms with van der Waals surface area (Å²) < 4.78 is 0. The first-order valence-corrected chi connectivity index (χ1v) is 13.3. The molecule has 0 unspecified atom stereocenters. The number of nitrogens with zero attached hydrogens (tertiary/aromatic N) is 1. The Hall–Kier alpha value is -3.97. The summed E-state index contributed by atoms with van der Waals surface area (Å²) in [6.07, 6.45) is 1.40. The van der Waals surface area contributed by atoms with Crippen molar-refractivity contribution in [3.8, 4) is 0 Å². The van der Waals surface area contributed by atoms with Crippen molar-refractivity contribution in [1.82, 2.24) is 15.5 Å². The number of rotatable bonds is 11. The van der Waals surface area contributed by atoms with Crippen LogP contribution in [0, 0.1) is 5.41 Å². The lowest BCUT2D eigenvalue weighted by Gasteiger charge is -2.26. The van der Waals surface area contributed by atoms with Gasteiger partial charge in [0, 0.05) is 29.9 Å². The fourth-order valence-electron chi connectivity index (χ4n) is 4.10. The summed E-state index contributed by atoms with van der Waals surface area (Å²) in [6, 6.07) is 23.1. The van der Waals surface area contributed by atoms with Gasteiger partial charge in [-0.05, 0) is 79.9 Å². The Labute approximate surface area is 232 Å². The zero-order valence-electron chi connectivity index (χ0n) is 23.6. The van der Waals surface area contributed by atoms with Gasteiger partial charge in [0.1, 0.15) is 6.04 Å². The third-order valence-corrected chi connectivity index (χ3v) is 6.19. The zero-order valence-corrected chi connectivity index (χ0v) is 23.6. The summed E-state index contributed by atoms with van der Waals surface area (Å²) in [7, 11) is 4.08. The van der Waals surface area contributed by atoms with E-state index >= 15 is 0 Å². The van der Waals surface area contributed by atoms with Crippen molar-refractivity contribution >= 4 is 23.4 Å². The average molecular weight is 529 g/mol. The highest BCUT2D eigenvalue weighted by Gasteiger charge is 2.27. The predicted octanol–water partition coefficient (Wildman–Crippen LogP) is 4.89. The fourth-order valence-corrected chi connectivity index (χ4v) is 4.10. The van der Waals surface area contributed by atoms with Crippen LogP contribution < -0.4 is 16.0 Å². The maximum atomic E-state index is 13.3.